The van der Waals surface area contributed by atoms with Crippen LogP contribution < -0.4 is 11.2 Å². The maximum atomic E-state index is 4.87. The highest BCUT2D eigenvalue weighted by Gasteiger charge is 2.12. The van der Waals surface area contributed by atoms with Crippen LogP contribution in [0.5, 0.6) is 0 Å². The van der Waals surface area contributed by atoms with Crippen molar-refractivity contribution in [3.05, 3.63) is 0 Å². The minimum absolute atomic E-state index is 0. The van der Waals surface area contributed by atoms with E-state index >= 15 is 0 Å². The van der Waals surface area contributed by atoms with E-state index in [9.17, 15) is 0 Å². The van der Waals surface area contributed by atoms with Crippen molar-refractivity contribution in [2.24, 2.45) is 5.90 Å². The van der Waals surface area contributed by atoms with Gasteiger partial charge in [-0.3, -0.25) is 0 Å². The van der Waals surface area contributed by atoms with E-state index in [0.717, 1.165) is 6.54 Å². The standard InChI is InChI=1S/C5H12N2O.2ClH/c6-8-4-5-2-1-3-7-5;;/h5,7H,1-4,6H2;2*1H/t5-;;/m1../s1. The van der Waals surface area contributed by atoms with Gasteiger partial charge in [0.25, 0.3) is 0 Å². The predicted molar refractivity (Wildman–Crippen MR) is 45.7 cm³/mol. The molecule has 0 bridgehead atoms. The summed E-state index contributed by atoms with van der Waals surface area (Å²) in [5.41, 5.74) is 0. The van der Waals surface area contributed by atoms with Crippen molar-refractivity contribution in [1.82, 2.24) is 5.32 Å². The van der Waals surface area contributed by atoms with Gasteiger partial charge in [0.15, 0.2) is 0 Å². The molecule has 1 heterocycles. The Labute approximate surface area is 73.5 Å². The first-order chi connectivity index (χ1) is 3.93. The summed E-state index contributed by atoms with van der Waals surface area (Å²) in [5, 5.41) is 3.25. The summed E-state index contributed by atoms with van der Waals surface area (Å²) < 4.78 is 0. The summed E-state index contributed by atoms with van der Waals surface area (Å²) in [6.45, 7) is 1.77. The molecule has 0 unspecified atom stereocenters. The van der Waals surface area contributed by atoms with Gasteiger partial charge in [-0.25, -0.2) is 5.90 Å². The van der Waals surface area contributed by atoms with E-state index < -0.39 is 0 Å². The molecule has 5 heteroatoms. The lowest BCUT2D eigenvalue weighted by Gasteiger charge is -2.05. The topological polar surface area (TPSA) is 47.3 Å². The summed E-state index contributed by atoms with van der Waals surface area (Å²) in [6.07, 6.45) is 2.46. The summed E-state index contributed by atoms with van der Waals surface area (Å²) in [4.78, 5) is 4.46. The van der Waals surface area contributed by atoms with Gasteiger partial charge < -0.3 is 10.2 Å². The van der Waals surface area contributed by atoms with Crippen LogP contribution >= 0.6 is 24.8 Å². The van der Waals surface area contributed by atoms with E-state index in [-0.39, 0.29) is 24.8 Å². The van der Waals surface area contributed by atoms with E-state index in [0.29, 0.717) is 12.6 Å². The second-order valence-electron chi connectivity index (χ2n) is 2.13. The van der Waals surface area contributed by atoms with Crippen LogP contribution in [0.15, 0.2) is 0 Å². The molecule has 10 heavy (non-hydrogen) atoms. The maximum absolute atomic E-state index is 4.87. The molecule has 0 spiro atoms. The van der Waals surface area contributed by atoms with Crippen molar-refractivity contribution in [3.8, 4) is 0 Å². The smallest absolute Gasteiger partial charge is 0.0832 e. The summed E-state index contributed by atoms with van der Waals surface area (Å²) >= 11 is 0. The van der Waals surface area contributed by atoms with Crippen LogP contribution in [-0.2, 0) is 4.84 Å². The molecule has 1 atom stereocenters. The van der Waals surface area contributed by atoms with Crippen molar-refractivity contribution < 1.29 is 4.84 Å². The Morgan fingerprint density at radius 2 is 2.20 bits per heavy atom. The Bertz CT molecular complexity index is 68.7. The minimum atomic E-state index is 0. The molecule has 1 aliphatic heterocycles. The fraction of sp³-hybridized carbons (Fsp3) is 1.00. The van der Waals surface area contributed by atoms with E-state index in [4.69, 9.17) is 5.90 Å². The first-order valence-corrected chi connectivity index (χ1v) is 2.98. The average molecular weight is 189 g/mol. The lowest BCUT2D eigenvalue weighted by Crippen LogP contribution is -2.27. The second kappa shape index (κ2) is 7.57. The normalized spacial score (nSPS) is 23.1. The van der Waals surface area contributed by atoms with Gasteiger partial charge in [0, 0.05) is 6.04 Å². The Balaban J connectivity index is 0. The van der Waals surface area contributed by atoms with Gasteiger partial charge in [-0.15, -0.1) is 24.8 Å². The quantitative estimate of drug-likeness (QED) is 0.621. The van der Waals surface area contributed by atoms with E-state index in [1.807, 2.05) is 0 Å². The molecular weight excluding hydrogens is 175 g/mol. The van der Waals surface area contributed by atoms with Crippen LogP contribution in [0.2, 0.25) is 0 Å². The third kappa shape index (κ3) is 4.30. The molecule has 0 radical (unpaired) electrons. The largest absolute Gasteiger partial charge is 0.312 e. The van der Waals surface area contributed by atoms with E-state index in [2.05, 4.69) is 10.2 Å². The highest BCUT2D eigenvalue weighted by molar-refractivity contribution is 5.85. The van der Waals surface area contributed by atoms with E-state index in [1.165, 1.54) is 12.8 Å². The van der Waals surface area contributed by atoms with Crippen molar-refractivity contribution in [3.63, 3.8) is 0 Å². The third-order valence-electron chi connectivity index (χ3n) is 1.46. The van der Waals surface area contributed by atoms with Crippen LogP contribution in [-0.4, -0.2) is 19.2 Å². The third-order valence-corrected chi connectivity index (χ3v) is 1.46. The van der Waals surface area contributed by atoms with Gasteiger partial charge in [0.2, 0.25) is 0 Å². The van der Waals surface area contributed by atoms with Crippen molar-refractivity contribution in [2.45, 2.75) is 18.9 Å². The van der Waals surface area contributed by atoms with Gasteiger partial charge in [-0.1, -0.05) is 0 Å². The van der Waals surface area contributed by atoms with Crippen molar-refractivity contribution in [1.29, 1.82) is 0 Å². The Morgan fingerprint density at radius 3 is 2.60 bits per heavy atom. The van der Waals surface area contributed by atoms with Gasteiger partial charge in [0.05, 0.1) is 6.61 Å². The number of nitrogens with one attached hydrogen (secondary N) is 1. The molecule has 0 aromatic rings. The summed E-state index contributed by atoms with van der Waals surface area (Å²) in [5.74, 6) is 4.87. The minimum Gasteiger partial charge on any atom is -0.312 e. The van der Waals surface area contributed by atoms with Gasteiger partial charge in [-0.2, -0.15) is 0 Å². The zero-order valence-corrected chi connectivity index (χ0v) is 7.34. The molecule has 3 nitrogen and oxygen atoms in total. The zero-order chi connectivity index (χ0) is 5.82. The number of hydrogen-bond donors (Lipinski definition) is 2. The SMILES string of the molecule is Cl.Cl.NOC[C@H]1CCCN1. The fourth-order valence-corrected chi connectivity index (χ4v) is 1.02. The monoisotopic (exact) mass is 188 g/mol. The Hall–Kier alpha value is 0.460. The maximum Gasteiger partial charge on any atom is 0.0832 e. The molecule has 1 aliphatic rings. The molecule has 1 fully saturated rings. The molecular formula is C5H14Cl2N2O. The molecule has 0 aliphatic carbocycles. The molecule has 0 amide bonds. The number of rotatable bonds is 2. The molecule has 0 aromatic carbocycles. The predicted octanol–water partition coefficient (Wildman–Crippen LogP) is 0.472. The number of nitrogens with two attached hydrogens (primary N) is 1. The van der Waals surface area contributed by atoms with E-state index in [1.54, 1.807) is 0 Å². The summed E-state index contributed by atoms with van der Waals surface area (Å²) in [7, 11) is 0. The Kier molecular flexibility index (Phi) is 9.90. The van der Waals surface area contributed by atoms with Crippen LogP contribution in [0.4, 0.5) is 0 Å². The second-order valence-corrected chi connectivity index (χ2v) is 2.13. The van der Waals surface area contributed by atoms with Crippen molar-refractivity contribution in [2.75, 3.05) is 13.2 Å². The highest BCUT2D eigenvalue weighted by atomic mass is 35.5. The highest BCUT2D eigenvalue weighted by Crippen LogP contribution is 2.03. The molecule has 0 saturated carbocycles. The lowest BCUT2D eigenvalue weighted by atomic mass is 10.2. The molecule has 1 rings (SSSR count). The lowest BCUT2D eigenvalue weighted by molar-refractivity contribution is 0.119. The fourth-order valence-electron chi connectivity index (χ4n) is 1.02. The van der Waals surface area contributed by atoms with Crippen molar-refractivity contribution >= 4 is 24.8 Å². The molecule has 1 saturated heterocycles. The molecule has 3 N–H and O–H groups in total. The number of halogens is 2. The van der Waals surface area contributed by atoms with Gasteiger partial charge in [-0.05, 0) is 19.4 Å². The summed E-state index contributed by atoms with van der Waals surface area (Å²) in [6, 6.07) is 0.514. The first-order valence-electron chi connectivity index (χ1n) is 2.98. The first kappa shape index (κ1) is 13.1. The van der Waals surface area contributed by atoms with Crippen LogP contribution in [0.3, 0.4) is 0 Å². The number of hydrogen-bond acceptors (Lipinski definition) is 3. The van der Waals surface area contributed by atoms with Crippen LogP contribution in [0.25, 0.3) is 0 Å². The van der Waals surface area contributed by atoms with Gasteiger partial charge in [0.1, 0.15) is 0 Å². The molecule has 64 valence electrons. The zero-order valence-electron chi connectivity index (χ0n) is 5.71. The van der Waals surface area contributed by atoms with Gasteiger partial charge >= 0.3 is 0 Å². The molecule has 0 aromatic heterocycles. The average Bonchev–Trinajstić information content (AvgIpc) is 2.19. The Morgan fingerprint density at radius 1 is 1.50 bits per heavy atom. The van der Waals surface area contributed by atoms with Crippen LogP contribution in [0.1, 0.15) is 12.8 Å². The van der Waals surface area contributed by atoms with Crippen LogP contribution in [0, 0.1) is 0 Å².